The van der Waals surface area contributed by atoms with Gasteiger partial charge in [0.15, 0.2) is 5.58 Å². The summed E-state index contributed by atoms with van der Waals surface area (Å²) in [5, 5.41) is 6.23. The summed E-state index contributed by atoms with van der Waals surface area (Å²) >= 11 is 0. The van der Waals surface area contributed by atoms with Crippen LogP contribution in [0.3, 0.4) is 0 Å². The van der Waals surface area contributed by atoms with Gasteiger partial charge in [0.2, 0.25) is 0 Å². The van der Waals surface area contributed by atoms with Crippen LogP contribution >= 0.6 is 0 Å². The predicted molar refractivity (Wildman–Crippen MR) is 72.2 cm³/mol. The van der Waals surface area contributed by atoms with Crippen molar-refractivity contribution >= 4 is 17.0 Å². The van der Waals surface area contributed by atoms with Crippen LogP contribution in [0, 0.1) is 0 Å². The molecule has 2 aromatic heterocycles. The van der Waals surface area contributed by atoms with Gasteiger partial charge in [-0.2, -0.15) is 0 Å². The van der Waals surface area contributed by atoms with Crippen LogP contribution in [0.4, 0.5) is 0 Å². The Hall–Kier alpha value is -1.79. The molecule has 0 bridgehead atoms. The number of piperazine rings is 1. The van der Waals surface area contributed by atoms with Crippen molar-refractivity contribution in [2.24, 2.45) is 0 Å². The fourth-order valence-corrected chi connectivity index (χ4v) is 2.33. The molecule has 0 unspecified atom stereocenters. The molecule has 3 heterocycles. The third-order valence-corrected chi connectivity index (χ3v) is 3.41. The first-order valence-electron chi connectivity index (χ1n) is 6.60. The van der Waals surface area contributed by atoms with Gasteiger partial charge in [0.05, 0.1) is 11.8 Å². The van der Waals surface area contributed by atoms with Crippen molar-refractivity contribution in [1.29, 1.82) is 0 Å². The van der Waals surface area contributed by atoms with Crippen molar-refractivity contribution in [2.75, 3.05) is 39.3 Å². The summed E-state index contributed by atoms with van der Waals surface area (Å²) in [4.78, 5) is 17.3. The average molecular weight is 262 g/mol. The second kappa shape index (κ2) is 5.46. The highest BCUT2D eigenvalue weighted by molar-refractivity contribution is 5.96. The molecule has 3 rings (SSSR count). The van der Waals surface area contributed by atoms with Gasteiger partial charge in [-0.15, -0.1) is 0 Å². The van der Waals surface area contributed by atoms with E-state index in [-0.39, 0.29) is 5.91 Å². The molecule has 1 aliphatic heterocycles. The zero-order chi connectivity index (χ0) is 13.1. The number of hydrogen-bond acceptors (Lipinski definition) is 4. The van der Waals surface area contributed by atoms with Crippen LogP contribution < -0.4 is 10.6 Å². The smallest absolute Gasteiger partial charge is 0.267 e. The van der Waals surface area contributed by atoms with Gasteiger partial charge >= 0.3 is 0 Å². The first kappa shape index (κ1) is 12.3. The lowest BCUT2D eigenvalue weighted by molar-refractivity contribution is 0.0943. The molecular formula is C13H18N4O2. The van der Waals surface area contributed by atoms with E-state index in [0.29, 0.717) is 17.8 Å². The van der Waals surface area contributed by atoms with Gasteiger partial charge in [-0.05, 0) is 0 Å². The topological polar surface area (TPSA) is 73.3 Å². The van der Waals surface area contributed by atoms with E-state index in [4.69, 9.17) is 4.42 Å². The van der Waals surface area contributed by atoms with E-state index >= 15 is 0 Å². The molecule has 0 saturated carbocycles. The standard InChI is InChI=1S/C13H18N4O2/c18-13(11-9-12-10(16-11)1-8-19-12)15-4-7-17-5-2-14-3-6-17/h1,8-9,14,16H,2-7H2,(H,15,18). The van der Waals surface area contributed by atoms with Gasteiger partial charge in [0, 0.05) is 51.4 Å². The van der Waals surface area contributed by atoms with Crippen LogP contribution in [-0.2, 0) is 0 Å². The minimum absolute atomic E-state index is 0.0819. The largest absolute Gasteiger partial charge is 0.463 e. The number of amides is 1. The summed E-state index contributed by atoms with van der Waals surface area (Å²) in [5.41, 5.74) is 2.12. The Balaban J connectivity index is 1.49. The lowest BCUT2D eigenvalue weighted by Gasteiger charge is -2.26. The third-order valence-electron chi connectivity index (χ3n) is 3.41. The summed E-state index contributed by atoms with van der Waals surface area (Å²) in [5.74, 6) is -0.0819. The average Bonchev–Trinajstić information content (AvgIpc) is 3.00. The lowest BCUT2D eigenvalue weighted by Crippen LogP contribution is -2.46. The van der Waals surface area contributed by atoms with E-state index in [2.05, 4.69) is 20.5 Å². The monoisotopic (exact) mass is 262 g/mol. The maximum absolute atomic E-state index is 11.9. The van der Waals surface area contributed by atoms with Crippen LogP contribution in [-0.4, -0.2) is 55.1 Å². The fraction of sp³-hybridized carbons (Fsp3) is 0.462. The van der Waals surface area contributed by atoms with Gasteiger partial charge in [0.1, 0.15) is 5.69 Å². The minimum Gasteiger partial charge on any atom is -0.463 e. The molecule has 6 nitrogen and oxygen atoms in total. The SMILES string of the molecule is O=C(NCCN1CCNCC1)c1cc2occc2[nH]1. The number of nitrogens with one attached hydrogen (secondary N) is 3. The Morgan fingerprint density at radius 3 is 3.05 bits per heavy atom. The molecule has 19 heavy (non-hydrogen) atoms. The zero-order valence-corrected chi connectivity index (χ0v) is 10.7. The van der Waals surface area contributed by atoms with Gasteiger partial charge in [0.25, 0.3) is 5.91 Å². The maximum Gasteiger partial charge on any atom is 0.267 e. The number of hydrogen-bond donors (Lipinski definition) is 3. The quantitative estimate of drug-likeness (QED) is 0.745. The van der Waals surface area contributed by atoms with Crippen molar-refractivity contribution in [3.63, 3.8) is 0 Å². The molecule has 0 spiro atoms. The van der Waals surface area contributed by atoms with Crippen molar-refractivity contribution in [3.8, 4) is 0 Å². The highest BCUT2D eigenvalue weighted by atomic mass is 16.3. The van der Waals surface area contributed by atoms with E-state index in [1.165, 1.54) is 0 Å². The molecule has 3 N–H and O–H groups in total. The second-order valence-electron chi connectivity index (χ2n) is 4.73. The van der Waals surface area contributed by atoms with Crippen molar-refractivity contribution in [2.45, 2.75) is 0 Å². The van der Waals surface area contributed by atoms with Crippen molar-refractivity contribution < 1.29 is 9.21 Å². The number of H-pyrrole nitrogens is 1. The summed E-state index contributed by atoms with van der Waals surface area (Å²) < 4.78 is 5.22. The van der Waals surface area contributed by atoms with Gasteiger partial charge in [-0.1, -0.05) is 0 Å². The van der Waals surface area contributed by atoms with Crippen LogP contribution in [0.25, 0.3) is 11.1 Å². The third kappa shape index (κ3) is 2.80. The number of aromatic nitrogens is 1. The highest BCUT2D eigenvalue weighted by Gasteiger charge is 2.12. The maximum atomic E-state index is 11.9. The number of carbonyl (C=O) groups is 1. The van der Waals surface area contributed by atoms with Crippen LogP contribution in [0.1, 0.15) is 10.5 Å². The molecule has 0 aromatic carbocycles. The molecule has 1 saturated heterocycles. The number of fused-ring (bicyclic) bond motifs is 1. The minimum atomic E-state index is -0.0819. The normalized spacial score (nSPS) is 16.8. The Labute approximate surface area is 111 Å². The molecule has 1 amide bonds. The van der Waals surface area contributed by atoms with Gasteiger partial charge in [-0.25, -0.2) is 0 Å². The molecule has 2 aromatic rings. The van der Waals surface area contributed by atoms with E-state index < -0.39 is 0 Å². The van der Waals surface area contributed by atoms with Crippen LogP contribution in [0.2, 0.25) is 0 Å². The molecule has 0 radical (unpaired) electrons. The van der Waals surface area contributed by atoms with E-state index in [9.17, 15) is 4.79 Å². The Kier molecular flexibility index (Phi) is 3.52. The summed E-state index contributed by atoms with van der Waals surface area (Å²) in [6.07, 6.45) is 1.60. The first-order valence-corrected chi connectivity index (χ1v) is 6.60. The summed E-state index contributed by atoms with van der Waals surface area (Å²) in [7, 11) is 0. The Morgan fingerprint density at radius 2 is 2.26 bits per heavy atom. The number of carbonyl (C=O) groups excluding carboxylic acids is 1. The Bertz CT molecular complexity index is 525. The summed E-state index contributed by atoms with van der Waals surface area (Å²) in [6, 6.07) is 3.54. The zero-order valence-electron chi connectivity index (χ0n) is 10.7. The highest BCUT2D eigenvalue weighted by Crippen LogP contribution is 2.15. The second-order valence-corrected chi connectivity index (χ2v) is 4.73. The number of aromatic amines is 1. The molecule has 1 aliphatic rings. The van der Waals surface area contributed by atoms with E-state index in [0.717, 1.165) is 38.2 Å². The molecule has 6 heteroatoms. The lowest BCUT2D eigenvalue weighted by atomic mass is 10.3. The van der Waals surface area contributed by atoms with Crippen LogP contribution in [0.5, 0.6) is 0 Å². The number of rotatable bonds is 4. The number of furan rings is 1. The first-order chi connectivity index (χ1) is 9.33. The van der Waals surface area contributed by atoms with E-state index in [1.807, 2.05) is 6.07 Å². The summed E-state index contributed by atoms with van der Waals surface area (Å²) in [6.45, 7) is 5.71. The fourth-order valence-electron chi connectivity index (χ4n) is 2.33. The molecule has 0 aliphatic carbocycles. The van der Waals surface area contributed by atoms with Crippen molar-refractivity contribution in [1.82, 2.24) is 20.5 Å². The molecular weight excluding hydrogens is 244 g/mol. The van der Waals surface area contributed by atoms with Gasteiger partial charge in [-0.3, -0.25) is 9.69 Å². The Morgan fingerprint density at radius 1 is 1.42 bits per heavy atom. The van der Waals surface area contributed by atoms with Crippen LogP contribution in [0.15, 0.2) is 22.8 Å². The number of nitrogens with zero attached hydrogens (tertiary/aromatic N) is 1. The van der Waals surface area contributed by atoms with Gasteiger partial charge < -0.3 is 20.0 Å². The van der Waals surface area contributed by atoms with E-state index in [1.54, 1.807) is 12.3 Å². The van der Waals surface area contributed by atoms with Crippen molar-refractivity contribution in [3.05, 3.63) is 24.1 Å². The molecule has 102 valence electrons. The molecule has 1 fully saturated rings. The molecule has 0 atom stereocenters. The predicted octanol–water partition coefficient (Wildman–Crippen LogP) is 0.396.